The highest BCUT2D eigenvalue weighted by Crippen LogP contribution is 2.28. The molecule has 0 bridgehead atoms. The fourth-order valence-electron chi connectivity index (χ4n) is 1.76. The van der Waals surface area contributed by atoms with Crippen molar-refractivity contribution < 1.29 is 14.6 Å². The van der Waals surface area contributed by atoms with Gasteiger partial charge in [-0.2, -0.15) is 0 Å². The molecule has 1 aliphatic carbocycles. The van der Waals surface area contributed by atoms with E-state index in [1.807, 2.05) is 6.92 Å². The molecule has 0 aliphatic heterocycles. The van der Waals surface area contributed by atoms with Crippen molar-refractivity contribution in [3.05, 3.63) is 34.3 Å². The van der Waals surface area contributed by atoms with Gasteiger partial charge in [-0.1, -0.05) is 17.7 Å². The second-order valence-electron chi connectivity index (χ2n) is 5.31. The van der Waals surface area contributed by atoms with E-state index >= 15 is 0 Å². The highest BCUT2D eigenvalue weighted by atomic mass is 35.5. The first kappa shape index (κ1) is 15.3. The second kappa shape index (κ2) is 7.07. The molecule has 1 amide bonds. The highest BCUT2D eigenvalue weighted by molar-refractivity contribution is 6.31. The van der Waals surface area contributed by atoms with Crippen LogP contribution < -0.4 is 5.32 Å². The molecule has 1 atom stereocenters. The topological polar surface area (TPSA) is 58.6 Å². The van der Waals surface area contributed by atoms with Crippen LogP contribution in [0.5, 0.6) is 0 Å². The predicted molar refractivity (Wildman–Crippen MR) is 78.1 cm³/mol. The summed E-state index contributed by atoms with van der Waals surface area (Å²) in [6.45, 7) is 3.02. The first-order valence-electron chi connectivity index (χ1n) is 6.86. The van der Waals surface area contributed by atoms with Gasteiger partial charge in [0.15, 0.2) is 0 Å². The van der Waals surface area contributed by atoms with Crippen molar-refractivity contribution in [3.63, 3.8) is 0 Å². The maximum Gasteiger partial charge on any atom is 0.251 e. The van der Waals surface area contributed by atoms with Gasteiger partial charge in [0, 0.05) is 23.7 Å². The van der Waals surface area contributed by atoms with Gasteiger partial charge in [0.2, 0.25) is 0 Å². The molecule has 1 unspecified atom stereocenters. The van der Waals surface area contributed by atoms with E-state index in [1.54, 1.807) is 18.2 Å². The van der Waals surface area contributed by atoms with Crippen molar-refractivity contribution in [2.24, 2.45) is 5.92 Å². The van der Waals surface area contributed by atoms with E-state index in [1.165, 1.54) is 12.8 Å². The second-order valence-corrected chi connectivity index (χ2v) is 5.72. The zero-order chi connectivity index (χ0) is 14.5. The molecule has 0 radical (unpaired) electrons. The van der Waals surface area contributed by atoms with Crippen molar-refractivity contribution in [2.75, 3.05) is 19.8 Å². The Kier molecular flexibility index (Phi) is 5.40. The lowest BCUT2D eigenvalue weighted by atomic mass is 10.1. The third-order valence-corrected chi connectivity index (χ3v) is 3.70. The summed E-state index contributed by atoms with van der Waals surface area (Å²) in [6.07, 6.45) is 1.76. The molecular weight excluding hydrogens is 278 g/mol. The SMILES string of the molecule is Cc1ccc(C(=O)NCC(O)COCC2CC2)cc1Cl. The largest absolute Gasteiger partial charge is 0.389 e. The minimum absolute atomic E-state index is 0.176. The molecule has 1 aromatic carbocycles. The molecule has 110 valence electrons. The van der Waals surface area contributed by atoms with E-state index in [4.69, 9.17) is 16.3 Å². The van der Waals surface area contributed by atoms with Gasteiger partial charge < -0.3 is 15.2 Å². The summed E-state index contributed by atoms with van der Waals surface area (Å²) in [7, 11) is 0. The Morgan fingerprint density at radius 2 is 2.30 bits per heavy atom. The molecule has 0 saturated heterocycles. The Labute approximate surface area is 124 Å². The molecule has 0 spiro atoms. The monoisotopic (exact) mass is 297 g/mol. The number of aliphatic hydroxyl groups is 1. The lowest BCUT2D eigenvalue weighted by Gasteiger charge is -2.12. The van der Waals surface area contributed by atoms with Crippen LogP contribution in [0.15, 0.2) is 18.2 Å². The molecule has 0 aromatic heterocycles. The lowest BCUT2D eigenvalue weighted by Crippen LogP contribution is -2.34. The molecule has 1 saturated carbocycles. The average Bonchev–Trinajstić information content (AvgIpc) is 3.23. The van der Waals surface area contributed by atoms with E-state index < -0.39 is 6.10 Å². The molecule has 0 heterocycles. The molecule has 5 heteroatoms. The number of carbonyl (C=O) groups excluding carboxylic acids is 1. The zero-order valence-electron chi connectivity index (χ0n) is 11.6. The molecule has 1 aromatic rings. The predicted octanol–water partition coefficient (Wildman–Crippen LogP) is 2.17. The Morgan fingerprint density at radius 3 is 2.95 bits per heavy atom. The van der Waals surface area contributed by atoms with Gasteiger partial charge in [-0.05, 0) is 43.4 Å². The Bertz CT molecular complexity index is 474. The van der Waals surface area contributed by atoms with Gasteiger partial charge in [-0.3, -0.25) is 4.79 Å². The number of benzene rings is 1. The van der Waals surface area contributed by atoms with Crippen LogP contribution in [0.2, 0.25) is 5.02 Å². The fourth-order valence-corrected chi connectivity index (χ4v) is 1.94. The first-order chi connectivity index (χ1) is 9.56. The van der Waals surface area contributed by atoms with Gasteiger partial charge >= 0.3 is 0 Å². The maximum atomic E-state index is 11.9. The Morgan fingerprint density at radius 1 is 1.55 bits per heavy atom. The smallest absolute Gasteiger partial charge is 0.251 e. The Hall–Kier alpha value is -1.10. The number of halogens is 1. The van der Waals surface area contributed by atoms with Crippen LogP contribution in [0.3, 0.4) is 0 Å². The van der Waals surface area contributed by atoms with Gasteiger partial charge in [0.1, 0.15) is 0 Å². The fraction of sp³-hybridized carbons (Fsp3) is 0.533. The maximum absolute atomic E-state index is 11.9. The number of aliphatic hydroxyl groups excluding tert-OH is 1. The molecule has 1 aliphatic rings. The minimum atomic E-state index is -0.682. The van der Waals surface area contributed by atoms with Crippen molar-refractivity contribution in [2.45, 2.75) is 25.9 Å². The molecule has 2 N–H and O–H groups in total. The van der Waals surface area contributed by atoms with Gasteiger partial charge in [-0.15, -0.1) is 0 Å². The number of nitrogens with one attached hydrogen (secondary N) is 1. The summed E-state index contributed by atoms with van der Waals surface area (Å²) in [5.41, 5.74) is 1.42. The molecular formula is C15H20ClNO3. The summed E-state index contributed by atoms with van der Waals surface area (Å²) in [5.74, 6) is 0.430. The highest BCUT2D eigenvalue weighted by Gasteiger charge is 2.21. The summed E-state index contributed by atoms with van der Waals surface area (Å²) in [4.78, 5) is 11.9. The third kappa shape index (κ3) is 4.78. The van der Waals surface area contributed by atoms with E-state index in [2.05, 4.69) is 5.32 Å². The summed E-state index contributed by atoms with van der Waals surface area (Å²) < 4.78 is 5.37. The zero-order valence-corrected chi connectivity index (χ0v) is 12.3. The van der Waals surface area contributed by atoms with E-state index in [9.17, 15) is 9.90 Å². The minimum Gasteiger partial charge on any atom is -0.389 e. The van der Waals surface area contributed by atoms with E-state index in [0.717, 1.165) is 5.56 Å². The number of rotatable bonds is 7. The number of carbonyl (C=O) groups is 1. The van der Waals surface area contributed by atoms with Crippen LogP contribution in [-0.2, 0) is 4.74 Å². The number of amides is 1. The number of hydrogen-bond acceptors (Lipinski definition) is 3. The van der Waals surface area contributed by atoms with Crippen LogP contribution >= 0.6 is 11.6 Å². The van der Waals surface area contributed by atoms with Crippen molar-refractivity contribution in [1.29, 1.82) is 0 Å². The van der Waals surface area contributed by atoms with Crippen molar-refractivity contribution >= 4 is 17.5 Å². The van der Waals surface area contributed by atoms with Crippen LogP contribution in [0.25, 0.3) is 0 Å². The van der Waals surface area contributed by atoms with Crippen LogP contribution in [0, 0.1) is 12.8 Å². The lowest BCUT2D eigenvalue weighted by molar-refractivity contribution is 0.0320. The standard InChI is InChI=1S/C15H20ClNO3/c1-10-2-5-12(6-14(10)16)15(19)17-7-13(18)9-20-8-11-3-4-11/h2,5-6,11,13,18H,3-4,7-9H2,1H3,(H,17,19). The Balaban J connectivity index is 1.71. The number of ether oxygens (including phenoxy) is 1. The average molecular weight is 298 g/mol. The number of hydrogen-bond donors (Lipinski definition) is 2. The summed E-state index contributed by atoms with van der Waals surface area (Å²) in [5, 5.41) is 12.9. The quantitative estimate of drug-likeness (QED) is 0.811. The normalized spacial score (nSPS) is 15.9. The van der Waals surface area contributed by atoms with Crippen LogP contribution in [-0.4, -0.2) is 36.9 Å². The van der Waals surface area contributed by atoms with Crippen molar-refractivity contribution in [3.8, 4) is 0 Å². The van der Waals surface area contributed by atoms with Crippen molar-refractivity contribution in [1.82, 2.24) is 5.32 Å². The van der Waals surface area contributed by atoms with Crippen LogP contribution in [0.4, 0.5) is 0 Å². The van der Waals surface area contributed by atoms with Crippen LogP contribution in [0.1, 0.15) is 28.8 Å². The van der Waals surface area contributed by atoms with Gasteiger partial charge in [0.25, 0.3) is 5.91 Å². The van der Waals surface area contributed by atoms with Gasteiger partial charge in [-0.25, -0.2) is 0 Å². The summed E-state index contributed by atoms with van der Waals surface area (Å²) in [6, 6.07) is 5.14. The molecule has 20 heavy (non-hydrogen) atoms. The first-order valence-corrected chi connectivity index (χ1v) is 7.24. The third-order valence-electron chi connectivity index (χ3n) is 3.29. The van der Waals surface area contributed by atoms with Gasteiger partial charge in [0.05, 0.1) is 12.7 Å². The molecule has 1 fully saturated rings. The van der Waals surface area contributed by atoms with E-state index in [0.29, 0.717) is 23.1 Å². The molecule has 4 nitrogen and oxygen atoms in total. The van der Waals surface area contributed by atoms with E-state index in [-0.39, 0.29) is 19.1 Å². The molecule has 2 rings (SSSR count). The summed E-state index contributed by atoms with van der Waals surface area (Å²) >= 11 is 5.98. The number of aryl methyl sites for hydroxylation is 1.